The first-order chi connectivity index (χ1) is 8.95. The summed E-state index contributed by atoms with van der Waals surface area (Å²) in [4.78, 5) is 0. The maximum atomic E-state index is 12.3. The molecule has 0 aromatic heterocycles. The molecule has 2 fully saturated rings. The molecule has 1 saturated carbocycles. The summed E-state index contributed by atoms with van der Waals surface area (Å²) in [6, 6.07) is 0. The zero-order chi connectivity index (χ0) is 13.9. The van der Waals surface area contributed by atoms with Crippen LogP contribution < -0.4 is 10.5 Å². The van der Waals surface area contributed by atoms with Crippen molar-refractivity contribution in [1.29, 1.82) is 0 Å². The van der Waals surface area contributed by atoms with Gasteiger partial charge in [0.15, 0.2) is 0 Å². The van der Waals surface area contributed by atoms with Gasteiger partial charge in [-0.05, 0) is 31.6 Å². The molecule has 3 N–H and O–H groups in total. The van der Waals surface area contributed by atoms with E-state index in [0.29, 0.717) is 19.1 Å². The van der Waals surface area contributed by atoms with Gasteiger partial charge in [-0.1, -0.05) is 19.8 Å². The van der Waals surface area contributed by atoms with E-state index in [1.54, 1.807) is 0 Å². The molecule has 0 amide bonds. The van der Waals surface area contributed by atoms with Crippen molar-refractivity contribution in [3.05, 3.63) is 0 Å². The summed E-state index contributed by atoms with van der Waals surface area (Å²) in [6.07, 6.45) is 5.54. The molecular weight excluding hydrogens is 264 g/mol. The molecule has 1 saturated heterocycles. The molecule has 1 aliphatic heterocycles. The van der Waals surface area contributed by atoms with Gasteiger partial charge in [0.2, 0.25) is 10.0 Å². The van der Waals surface area contributed by atoms with Gasteiger partial charge in [-0.2, -0.15) is 0 Å². The molecular formula is C13H26N2O3S. The Morgan fingerprint density at radius 2 is 2.16 bits per heavy atom. The van der Waals surface area contributed by atoms with Gasteiger partial charge in [-0.15, -0.1) is 0 Å². The molecule has 3 unspecified atom stereocenters. The lowest BCUT2D eigenvalue weighted by atomic mass is 9.77. The van der Waals surface area contributed by atoms with Gasteiger partial charge in [0, 0.05) is 18.7 Å². The van der Waals surface area contributed by atoms with E-state index in [1.165, 1.54) is 0 Å². The Bertz CT molecular complexity index is 393. The molecule has 112 valence electrons. The van der Waals surface area contributed by atoms with E-state index in [2.05, 4.69) is 11.6 Å². The Hall–Kier alpha value is -0.170. The highest BCUT2D eigenvalue weighted by atomic mass is 32.2. The van der Waals surface area contributed by atoms with Crippen LogP contribution in [0.25, 0.3) is 0 Å². The van der Waals surface area contributed by atoms with Gasteiger partial charge < -0.3 is 10.5 Å². The average molecular weight is 290 g/mol. The van der Waals surface area contributed by atoms with Gasteiger partial charge >= 0.3 is 0 Å². The number of sulfonamides is 1. The molecule has 5 nitrogen and oxygen atoms in total. The summed E-state index contributed by atoms with van der Waals surface area (Å²) in [5.41, 5.74) is 5.42. The third-order valence-corrected chi connectivity index (χ3v) is 5.84. The van der Waals surface area contributed by atoms with E-state index in [-0.39, 0.29) is 11.9 Å². The van der Waals surface area contributed by atoms with Gasteiger partial charge in [-0.3, -0.25) is 0 Å². The van der Waals surface area contributed by atoms with Gasteiger partial charge in [-0.25, -0.2) is 13.1 Å². The smallest absolute Gasteiger partial charge is 0.214 e. The van der Waals surface area contributed by atoms with E-state index in [1.807, 2.05) is 0 Å². The van der Waals surface area contributed by atoms with Crippen molar-refractivity contribution in [3.8, 4) is 0 Å². The third kappa shape index (κ3) is 4.15. The fraction of sp³-hybridized carbons (Fsp3) is 1.00. The number of nitrogens with two attached hydrogens (primary N) is 1. The van der Waals surface area contributed by atoms with Crippen molar-refractivity contribution in [2.24, 2.45) is 11.7 Å². The monoisotopic (exact) mass is 290 g/mol. The Kier molecular flexibility index (Phi) is 4.87. The van der Waals surface area contributed by atoms with Crippen molar-refractivity contribution in [2.75, 3.05) is 18.9 Å². The highest BCUT2D eigenvalue weighted by molar-refractivity contribution is 7.89. The zero-order valence-corrected chi connectivity index (χ0v) is 12.5. The van der Waals surface area contributed by atoms with Crippen LogP contribution in [0.4, 0.5) is 0 Å². The molecule has 2 rings (SSSR count). The first kappa shape index (κ1) is 15.2. The molecule has 19 heavy (non-hydrogen) atoms. The van der Waals surface area contributed by atoms with Crippen LogP contribution in [0.2, 0.25) is 0 Å². The molecule has 0 radical (unpaired) electrons. The molecule has 2 aliphatic rings. The molecule has 0 bridgehead atoms. The van der Waals surface area contributed by atoms with E-state index < -0.39 is 15.6 Å². The minimum Gasteiger partial charge on any atom is -0.377 e. The number of ether oxygens (including phenoxy) is 1. The van der Waals surface area contributed by atoms with E-state index >= 15 is 0 Å². The average Bonchev–Trinajstić information content (AvgIpc) is 2.80. The maximum Gasteiger partial charge on any atom is 0.214 e. The Balaban J connectivity index is 1.99. The molecule has 0 spiro atoms. The highest BCUT2D eigenvalue weighted by Gasteiger charge is 2.38. The zero-order valence-electron chi connectivity index (χ0n) is 11.7. The van der Waals surface area contributed by atoms with E-state index in [4.69, 9.17) is 10.5 Å². The second-order valence-corrected chi connectivity index (χ2v) is 7.97. The van der Waals surface area contributed by atoms with Crippen LogP contribution >= 0.6 is 0 Å². The first-order valence-corrected chi connectivity index (χ1v) is 8.93. The van der Waals surface area contributed by atoms with Crippen LogP contribution in [0.5, 0.6) is 0 Å². The minimum atomic E-state index is -3.31. The number of hydrogen-bond acceptors (Lipinski definition) is 4. The molecule has 3 atom stereocenters. The summed E-state index contributed by atoms with van der Waals surface area (Å²) in [5, 5.41) is 0. The Morgan fingerprint density at radius 3 is 2.74 bits per heavy atom. The summed E-state index contributed by atoms with van der Waals surface area (Å²) < 4.78 is 32.9. The van der Waals surface area contributed by atoms with Crippen molar-refractivity contribution in [1.82, 2.24) is 4.72 Å². The number of nitrogens with one attached hydrogen (secondary N) is 1. The van der Waals surface area contributed by atoms with Crippen LogP contribution in [0.3, 0.4) is 0 Å². The molecule has 0 aromatic rings. The standard InChI is InChI=1S/C13H26N2O3S/c1-11-4-2-6-13(8-11,10-14)15-19(16,17)9-12-5-3-7-18-12/h11-12,15H,2-10,14H2,1H3. The SMILES string of the molecule is CC1CCCC(CN)(NS(=O)(=O)CC2CCCO2)C1. The topological polar surface area (TPSA) is 81.4 Å². The quantitative estimate of drug-likeness (QED) is 0.791. The van der Waals surface area contributed by atoms with Crippen molar-refractivity contribution >= 4 is 10.0 Å². The number of hydrogen-bond donors (Lipinski definition) is 2. The van der Waals surface area contributed by atoms with Crippen LogP contribution in [-0.2, 0) is 14.8 Å². The normalized spacial score (nSPS) is 36.5. The summed E-state index contributed by atoms with van der Waals surface area (Å²) in [7, 11) is -3.31. The van der Waals surface area contributed by atoms with E-state index in [0.717, 1.165) is 38.5 Å². The van der Waals surface area contributed by atoms with Crippen molar-refractivity contribution < 1.29 is 13.2 Å². The van der Waals surface area contributed by atoms with Crippen LogP contribution in [0, 0.1) is 5.92 Å². The first-order valence-electron chi connectivity index (χ1n) is 7.28. The minimum absolute atomic E-state index is 0.0726. The predicted octanol–water partition coefficient (Wildman–Crippen LogP) is 0.992. The molecule has 6 heteroatoms. The van der Waals surface area contributed by atoms with Gasteiger partial charge in [0.25, 0.3) is 0 Å². The molecule has 1 heterocycles. The summed E-state index contributed by atoms with van der Waals surface area (Å²) in [6.45, 7) is 3.22. The fourth-order valence-corrected chi connectivity index (χ4v) is 5.14. The van der Waals surface area contributed by atoms with Gasteiger partial charge in [0.1, 0.15) is 0 Å². The van der Waals surface area contributed by atoms with E-state index in [9.17, 15) is 8.42 Å². The Labute approximate surface area is 116 Å². The maximum absolute atomic E-state index is 12.3. The second-order valence-electron chi connectivity index (χ2n) is 6.20. The largest absolute Gasteiger partial charge is 0.377 e. The number of rotatable bonds is 5. The molecule has 0 aromatic carbocycles. The predicted molar refractivity (Wildman–Crippen MR) is 75.3 cm³/mol. The summed E-state index contributed by atoms with van der Waals surface area (Å²) in [5.74, 6) is 0.603. The van der Waals surface area contributed by atoms with Crippen molar-refractivity contribution in [2.45, 2.75) is 57.1 Å². The second kappa shape index (κ2) is 6.08. The van der Waals surface area contributed by atoms with Crippen LogP contribution in [0.15, 0.2) is 0 Å². The summed E-state index contributed by atoms with van der Waals surface area (Å²) >= 11 is 0. The third-order valence-electron chi connectivity index (χ3n) is 4.28. The van der Waals surface area contributed by atoms with Crippen LogP contribution in [-0.4, -0.2) is 39.0 Å². The van der Waals surface area contributed by atoms with Gasteiger partial charge in [0.05, 0.1) is 11.9 Å². The Morgan fingerprint density at radius 1 is 1.37 bits per heavy atom. The van der Waals surface area contributed by atoms with Crippen LogP contribution in [0.1, 0.15) is 45.4 Å². The lowest BCUT2D eigenvalue weighted by Gasteiger charge is -2.39. The fourth-order valence-electron chi connectivity index (χ4n) is 3.37. The lowest BCUT2D eigenvalue weighted by molar-refractivity contribution is 0.126. The molecule has 1 aliphatic carbocycles. The van der Waals surface area contributed by atoms with Crippen molar-refractivity contribution in [3.63, 3.8) is 0 Å². The lowest BCUT2D eigenvalue weighted by Crippen LogP contribution is -2.56. The highest BCUT2D eigenvalue weighted by Crippen LogP contribution is 2.32.